The maximum atomic E-state index is 12.4. The first-order valence-corrected chi connectivity index (χ1v) is 9.02. The van der Waals surface area contributed by atoms with Gasteiger partial charge in [0.2, 0.25) is 0 Å². The molecule has 0 aliphatic carbocycles. The van der Waals surface area contributed by atoms with Gasteiger partial charge in [-0.25, -0.2) is 13.2 Å². The number of ether oxygens (including phenoxy) is 1. The Morgan fingerprint density at radius 2 is 1.86 bits per heavy atom. The Hall–Kier alpha value is -1.99. The van der Waals surface area contributed by atoms with E-state index in [1.165, 1.54) is 43.1 Å². The van der Waals surface area contributed by atoms with Gasteiger partial charge in [0.25, 0.3) is 10.0 Å². The molecule has 1 N–H and O–H groups in total. The third-order valence-electron chi connectivity index (χ3n) is 2.89. The summed E-state index contributed by atoms with van der Waals surface area (Å²) in [7, 11) is -2.52. The fourth-order valence-electron chi connectivity index (χ4n) is 1.81. The van der Waals surface area contributed by atoms with Crippen LogP contribution in [0.15, 0.2) is 58.3 Å². The Labute approximate surface area is 133 Å². The Kier molecular flexibility index (Phi) is 5.10. The normalized spacial score (nSPS) is 11.0. The number of hydrogen-bond donors (Lipinski definition) is 1. The SMILES string of the molecule is COC(=O)c1cccc(S(=O)(=O)Nc2cccc(SC)c2)c1. The number of methoxy groups -OCH3 is 1. The molecule has 0 atom stereocenters. The summed E-state index contributed by atoms with van der Waals surface area (Å²) in [6.07, 6.45) is 1.91. The molecule has 0 unspecified atom stereocenters. The highest BCUT2D eigenvalue weighted by atomic mass is 32.2. The highest BCUT2D eigenvalue weighted by Gasteiger charge is 2.16. The van der Waals surface area contributed by atoms with E-state index < -0.39 is 16.0 Å². The summed E-state index contributed by atoms with van der Waals surface area (Å²) in [6.45, 7) is 0. The van der Waals surface area contributed by atoms with Crippen molar-refractivity contribution < 1.29 is 17.9 Å². The predicted octanol–water partition coefficient (Wildman–Crippen LogP) is 3.00. The van der Waals surface area contributed by atoms with E-state index in [4.69, 9.17) is 0 Å². The van der Waals surface area contributed by atoms with E-state index in [0.29, 0.717) is 5.69 Å². The molecule has 0 aromatic heterocycles. The smallest absolute Gasteiger partial charge is 0.337 e. The van der Waals surface area contributed by atoms with Crippen molar-refractivity contribution in [2.45, 2.75) is 9.79 Å². The average molecular weight is 337 g/mol. The lowest BCUT2D eigenvalue weighted by Crippen LogP contribution is -2.14. The van der Waals surface area contributed by atoms with Gasteiger partial charge in [-0.1, -0.05) is 12.1 Å². The van der Waals surface area contributed by atoms with Crippen molar-refractivity contribution in [3.63, 3.8) is 0 Å². The van der Waals surface area contributed by atoms with Crippen LogP contribution in [0.4, 0.5) is 5.69 Å². The highest BCUT2D eigenvalue weighted by molar-refractivity contribution is 7.98. The fourth-order valence-corrected chi connectivity index (χ4v) is 3.36. The Balaban J connectivity index is 2.32. The average Bonchev–Trinajstić information content (AvgIpc) is 2.54. The number of hydrogen-bond acceptors (Lipinski definition) is 5. The van der Waals surface area contributed by atoms with Gasteiger partial charge in [-0.05, 0) is 42.7 Å². The molecule has 5 nitrogen and oxygen atoms in total. The van der Waals surface area contributed by atoms with Crippen LogP contribution < -0.4 is 4.72 Å². The van der Waals surface area contributed by atoms with Gasteiger partial charge >= 0.3 is 5.97 Å². The summed E-state index contributed by atoms with van der Waals surface area (Å²) in [5.74, 6) is -0.582. The third-order valence-corrected chi connectivity index (χ3v) is 4.99. The van der Waals surface area contributed by atoms with Gasteiger partial charge in [0.15, 0.2) is 0 Å². The van der Waals surface area contributed by atoms with E-state index in [0.717, 1.165) is 4.90 Å². The zero-order valence-electron chi connectivity index (χ0n) is 12.1. The Morgan fingerprint density at radius 3 is 2.55 bits per heavy atom. The maximum absolute atomic E-state index is 12.4. The number of sulfonamides is 1. The Morgan fingerprint density at radius 1 is 1.14 bits per heavy atom. The van der Waals surface area contributed by atoms with Crippen LogP contribution in [0, 0.1) is 0 Å². The van der Waals surface area contributed by atoms with Crippen molar-refractivity contribution in [2.75, 3.05) is 18.1 Å². The molecule has 0 aliphatic heterocycles. The van der Waals surface area contributed by atoms with Crippen molar-refractivity contribution in [3.05, 3.63) is 54.1 Å². The maximum Gasteiger partial charge on any atom is 0.337 e. The number of carbonyl (C=O) groups is 1. The fraction of sp³-hybridized carbons (Fsp3) is 0.133. The second-order valence-corrected chi connectivity index (χ2v) is 6.92. The molecule has 2 aromatic rings. The highest BCUT2D eigenvalue weighted by Crippen LogP contribution is 2.22. The van der Waals surface area contributed by atoms with Crippen molar-refractivity contribution in [3.8, 4) is 0 Å². The van der Waals surface area contributed by atoms with E-state index >= 15 is 0 Å². The molecule has 22 heavy (non-hydrogen) atoms. The third kappa shape index (κ3) is 3.80. The summed E-state index contributed by atoms with van der Waals surface area (Å²) in [5.41, 5.74) is 0.651. The number of anilines is 1. The molecule has 116 valence electrons. The molecule has 2 aromatic carbocycles. The molecule has 0 amide bonds. The van der Waals surface area contributed by atoms with Gasteiger partial charge in [0, 0.05) is 10.6 Å². The zero-order valence-corrected chi connectivity index (χ0v) is 13.7. The summed E-state index contributed by atoms with van der Waals surface area (Å²) < 4.78 is 31.9. The summed E-state index contributed by atoms with van der Waals surface area (Å²) in [4.78, 5) is 12.4. The number of esters is 1. The lowest BCUT2D eigenvalue weighted by molar-refractivity contribution is 0.0600. The molecule has 7 heteroatoms. The molecule has 0 heterocycles. The standard InChI is InChI=1S/C15H15NO4S2/c1-20-15(17)11-5-3-8-14(9-11)22(18,19)16-12-6-4-7-13(10-12)21-2/h3-10,16H,1-2H3. The van der Waals surface area contributed by atoms with E-state index in [1.54, 1.807) is 18.2 Å². The topological polar surface area (TPSA) is 72.5 Å². The van der Waals surface area contributed by atoms with Crippen LogP contribution in [0.2, 0.25) is 0 Å². The van der Waals surface area contributed by atoms with Crippen LogP contribution in [0.3, 0.4) is 0 Å². The van der Waals surface area contributed by atoms with E-state index in [9.17, 15) is 13.2 Å². The summed E-state index contributed by atoms with van der Waals surface area (Å²) in [6, 6.07) is 12.8. The number of benzene rings is 2. The second kappa shape index (κ2) is 6.85. The molecule has 0 saturated carbocycles. The molecule has 0 bridgehead atoms. The number of rotatable bonds is 5. The molecule has 0 saturated heterocycles. The minimum Gasteiger partial charge on any atom is -0.465 e. The predicted molar refractivity (Wildman–Crippen MR) is 86.8 cm³/mol. The number of thioether (sulfide) groups is 1. The first kappa shape index (κ1) is 16.4. The monoisotopic (exact) mass is 337 g/mol. The molecule has 2 rings (SSSR count). The summed E-state index contributed by atoms with van der Waals surface area (Å²) >= 11 is 1.52. The lowest BCUT2D eigenvalue weighted by Gasteiger charge is -2.10. The van der Waals surface area contributed by atoms with E-state index in [1.807, 2.05) is 12.3 Å². The van der Waals surface area contributed by atoms with Gasteiger partial charge in [-0.3, -0.25) is 4.72 Å². The number of nitrogens with one attached hydrogen (secondary N) is 1. The van der Waals surface area contributed by atoms with Crippen LogP contribution in [0.1, 0.15) is 10.4 Å². The minimum absolute atomic E-state index is 0.00459. The van der Waals surface area contributed by atoms with Crippen molar-refractivity contribution in [2.24, 2.45) is 0 Å². The van der Waals surface area contributed by atoms with Crippen molar-refractivity contribution in [1.29, 1.82) is 0 Å². The van der Waals surface area contributed by atoms with E-state index in [2.05, 4.69) is 9.46 Å². The van der Waals surface area contributed by atoms with Crippen LogP contribution in [0.25, 0.3) is 0 Å². The van der Waals surface area contributed by atoms with Gasteiger partial charge in [0.05, 0.1) is 17.6 Å². The molecule has 0 spiro atoms. The molecule has 0 aliphatic rings. The molecule has 0 fully saturated rings. The van der Waals surface area contributed by atoms with E-state index in [-0.39, 0.29) is 10.5 Å². The lowest BCUT2D eigenvalue weighted by atomic mass is 10.2. The zero-order chi connectivity index (χ0) is 16.2. The van der Waals surface area contributed by atoms with Gasteiger partial charge in [-0.15, -0.1) is 11.8 Å². The first-order chi connectivity index (χ1) is 10.5. The van der Waals surface area contributed by atoms with Crippen LogP contribution in [-0.2, 0) is 14.8 Å². The van der Waals surface area contributed by atoms with Crippen molar-refractivity contribution >= 4 is 33.4 Å². The van der Waals surface area contributed by atoms with Crippen LogP contribution in [0.5, 0.6) is 0 Å². The largest absolute Gasteiger partial charge is 0.465 e. The van der Waals surface area contributed by atoms with Gasteiger partial charge in [-0.2, -0.15) is 0 Å². The summed E-state index contributed by atoms with van der Waals surface area (Å²) in [5, 5.41) is 0. The van der Waals surface area contributed by atoms with Crippen LogP contribution in [-0.4, -0.2) is 27.8 Å². The van der Waals surface area contributed by atoms with Gasteiger partial charge in [0.1, 0.15) is 0 Å². The number of carbonyl (C=O) groups excluding carboxylic acids is 1. The first-order valence-electron chi connectivity index (χ1n) is 6.31. The molecular weight excluding hydrogens is 322 g/mol. The van der Waals surface area contributed by atoms with Gasteiger partial charge < -0.3 is 4.74 Å². The quantitative estimate of drug-likeness (QED) is 0.671. The second-order valence-electron chi connectivity index (χ2n) is 4.36. The molecular formula is C15H15NO4S2. The van der Waals surface area contributed by atoms with Crippen molar-refractivity contribution in [1.82, 2.24) is 0 Å². The van der Waals surface area contributed by atoms with Crippen LogP contribution >= 0.6 is 11.8 Å². The Bertz CT molecular complexity index is 788. The molecule has 0 radical (unpaired) electrons. The minimum atomic E-state index is -3.77.